The highest BCUT2D eigenvalue weighted by molar-refractivity contribution is 7.16. The van der Waals surface area contributed by atoms with Crippen LogP contribution in [-0.2, 0) is 16.0 Å². The van der Waals surface area contributed by atoms with Crippen LogP contribution in [0.15, 0.2) is 40.6 Å². The number of nitrogens with zero attached hydrogens (tertiary/aromatic N) is 2. The molecule has 2 rings (SSSR count). The van der Waals surface area contributed by atoms with Crippen molar-refractivity contribution >= 4 is 51.3 Å². The number of carbonyl (C=O) groups excluding carboxylic acids is 2. The minimum Gasteiger partial charge on any atom is -0.463 e. The molecule has 0 amide bonds. The lowest BCUT2D eigenvalue weighted by Crippen LogP contribution is -2.15. The average molecular weight is 399 g/mol. The number of esters is 1. The lowest BCUT2D eigenvalue weighted by molar-refractivity contribution is -0.142. The molecule has 0 bridgehead atoms. The van der Waals surface area contributed by atoms with Gasteiger partial charge in [-0.2, -0.15) is 5.11 Å². The van der Waals surface area contributed by atoms with E-state index >= 15 is 0 Å². The van der Waals surface area contributed by atoms with E-state index in [4.69, 9.17) is 27.9 Å². The molecule has 1 unspecified atom stereocenters. The van der Waals surface area contributed by atoms with Crippen molar-refractivity contribution in [2.24, 2.45) is 10.2 Å². The van der Waals surface area contributed by atoms with Gasteiger partial charge in [0.15, 0.2) is 5.78 Å². The Hall–Kier alpha value is -1.76. The van der Waals surface area contributed by atoms with Crippen molar-refractivity contribution in [3.63, 3.8) is 0 Å². The summed E-state index contributed by atoms with van der Waals surface area (Å²) in [6.45, 7) is 3.85. The summed E-state index contributed by atoms with van der Waals surface area (Å²) in [5.74, 6) is -0.933. The van der Waals surface area contributed by atoms with Crippen molar-refractivity contribution in [3.05, 3.63) is 51.4 Å². The van der Waals surface area contributed by atoms with E-state index in [0.717, 1.165) is 11.3 Å². The molecule has 5 nitrogen and oxygen atoms in total. The van der Waals surface area contributed by atoms with E-state index in [9.17, 15) is 9.59 Å². The second-order valence-electron chi connectivity index (χ2n) is 4.90. The van der Waals surface area contributed by atoms with Crippen LogP contribution in [0.4, 0.5) is 5.00 Å². The van der Waals surface area contributed by atoms with Crippen LogP contribution in [-0.4, -0.2) is 23.9 Å². The highest BCUT2D eigenvalue weighted by Gasteiger charge is 2.21. The zero-order chi connectivity index (χ0) is 18.4. The fourth-order valence-corrected chi connectivity index (χ4v) is 3.24. The molecule has 1 aromatic heterocycles. The highest BCUT2D eigenvalue weighted by atomic mass is 35.5. The Morgan fingerprint density at radius 2 is 1.96 bits per heavy atom. The molecule has 0 fully saturated rings. The Labute approximate surface area is 159 Å². The van der Waals surface area contributed by atoms with Crippen LogP contribution in [0.2, 0.25) is 5.02 Å². The van der Waals surface area contributed by atoms with Gasteiger partial charge in [-0.05, 0) is 31.5 Å². The summed E-state index contributed by atoms with van der Waals surface area (Å²) in [4.78, 5) is 25.3. The van der Waals surface area contributed by atoms with Crippen LogP contribution >= 0.6 is 34.5 Å². The summed E-state index contributed by atoms with van der Waals surface area (Å²) in [5, 5.41) is 8.51. The molecule has 0 aliphatic heterocycles. The molecule has 0 radical (unpaired) electrons. The Bertz CT molecular complexity index is 805. The maximum atomic E-state index is 12.8. The molecule has 132 valence electrons. The second-order valence-corrected chi connectivity index (χ2v) is 6.83. The zero-order valence-electron chi connectivity index (χ0n) is 13.7. The highest BCUT2D eigenvalue weighted by Crippen LogP contribution is 2.34. The number of hydrogen-bond donors (Lipinski definition) is 0. The Morgan fingerprint density at radius 1 is 1.24 bits per heavy atom. The van der Waals surface area contributed by atoms with E-state index in [2.05, 4.69) is 10.2 Å². The first-order valence-corrected chi connectivity index (χ1v) is 9.24. The predicted molar refractivity (Wildman–Crippen MR) is 99.4 cm³/mol. The largest absolute Gasteiger partial charge is 0.463 e. The molecular weight excluding hydrogens is 383 g/mol. The van der Waals surface area contributed by atoms with Gasteiger partial charge in [-0.25, -0.2) is 4.79 Å². The first-order chi connectivity index (χ1) is 12.0. The first kappa shape index (κ1) is 19.6. The third-order valence-electron chi connectivity index (χ3n) is 3.21. The lowest BCUT2D eigenvalue weighted by atomic mass is 10.0. The number of thiophene rings is 1. The number of halogens is 2. The van der Waals surface area contributed by atoms with Crippen molar-refractivity contribution in [1.29, 1.82) is 0 Å². The fraction of sp³-hybridized carbons (Fsp3) is 0.294. The Kier molecular flexibility index (Phi) is 7.11. The number of carbonyl (C=O) groups is 2. The molecule has 0 saturated carbocycles. The minimum atomic E-state index is -1.25. The summed E-state index contributed by atoms with van der Waals surface area (Å²) in [5.41, 5.74) is -0.490. The Balaban J connectivity index is 2.34. The number of rotatable bonds is 7. The van der Waals surface area contributed by atoms with Gasteiger partial charge in [0, 0.05) is 10.4 Å². The summed E-state index contributed by atoms with van der Waals surface area (Å²) in [6, 6.07) is 8.56. The van der Waals surface area contributed by atoms with Gasteiger partial charge in [0.05, 0.1) is 17.2 Å². The van der Waals surface area contributed by atoms with Crippen LogP contribution in [0.25, 0.3) is 0 Å². The average Bonchev–Trinajstić information content (AvgIpc) is 3.03. The van der Waals surface area contributed by atoms with Crippen molar-refractivity contribution in [3.8, 4) is 0 Å². The predicted octanol–water partition coefficient (Wildman–Crippen LogP) is 5.41. The molecule has 0 saturated heterocycles. The molecule has 1 aromatic carbocycles. The summed E-state index contributed by atoms with van der Waals surface area (Å²) in [7, 11) is 0. The number of azo groups is 1. The number of hydrogen-bond acceptors (Lipinski definition) is 6. The van der Waals surface area contributed by atoms with Gasteiger partial charge in [0.1, 0.15) is 5.00 Å². The van der Waals surface area contributed by atoms with Gasteiger partial charge in [0.2, 0.25) is 5.50 Å². The third kappa shape index (κ3) is 4.87. The molecule has 0 aliphatic carbocycles. The van der Waals surface area contributed by atoms with Crippen molar-refractivity contribution in [1.82, 2.24) is 0 Å². The molecule has 2 aromatic rings. The van der Waals surface area contributed by atoms with E-state index < -0.39 is 11.5 Å². The van der Waals surface area contributed by atoms with Crippen molar-refractivity contribution in [2.75, 3.05) is 6.61 Å². The fourth-order valence-electron chi connectivity index (χ4n) is 1.99. The van der Waals surface area contributed by atoms with Crippen molar-refractivity contribution < 1.29 is 14.3 Å². The first-order valence-electron chi connectivity index (χ1n) is 7.61. The van der Waals surface area contributed by atoms with E-state index in [-0.39, 0.29) is 12.4 Å². The van der Waals surface area contributed by atoms with Crippen LogP contribution in [0, 0.1) is 0 Å². The summed E-state index contributed by atoms with van der Waals surface area (Å²) >= 11 is 13.3. The summed E-state index contributed by atoms with van der Waals surface area (Å²) in [6.07, 6.45) is 0.741. The molecule has 1 atom stereocenters. The summed E-state index contributed by atoms with van der Waals surface area (Å²) < 4.78 is 4.78. The SMILES string of the molecule is CCOC(=O)C(Cl)N=Nc1sc(CC)cc1C(=O)c1ccccc1Cl. The van der Waals surface area contributed by atoms with Gasteiger partial charge >= 0.3 is 5.97 Å². The molecule has 0 aliphatic rings. The van der Waals surface area contributed by atoms with Crippen LogP contribution < -0.4 is 0 Å². The van der Waals surface area contributed by atoms with Crippen LogP contribution in [0.1, 0.15) is 34.6 Å². The number of ether oxygens (including phenoxy) is 1. The molecule has 0 N–H and O–H groups in total. The topological polar surface area (TPSA) is 68.1 Å². The molecule has 8 heteroatoms. The van der Waals surface area contributed by atoms with Gasteiger partial charge in [-0.3, -0.25) is 4.79 Å². The Morgan fingerprint density at radius 3 is 2.60 bits per heavy atom. The maximum absolute atomic E-state index is 12.8. The molecular formula is C17H16Cl2N2O3S. The molecule has 1 heterocycles. The van der Waals surface area contributed by atoms with Gasteiger partial charge in [-0.1, -0.05) is 42.3 Å². The maximum Gasteiger partial charge on any atom is 0.348 e. The smallest absolute Gasteiger partial charge is 0.348 e. The zero-order valence-corrected chi connectivity index (χ0v) is 16.0. The molecule has 0 spiro atoms. The van der Waals surface area contributed by atoms with Crippen LogP contribution in [0.3, 0.4) is 0 Å². The standard InChI is InChI=1S/C17H16Cl2N2O3S/c1-3-10-9-12(14(22)11-7-5-6-8-13(11)18)16(25-10)21-20-15(19)17(23)24-4-2/h5-9,15H,3-4H2,1-2H3. The van der Waals surface area contributed by atoms with Crippen molar-refractivity contribution in [2.45, 2.75) is 25.8 Å². The van der Waals surface area contributed by atoms with Crippen LogP contribution in [0.5, 0.6) is 0 Å². The quantitative estimate of drug-likeness (QED) is 0.206. The van der Waals surface area contributed by atoms with E-state index in [1.807, 2.05) is 6.92 Å². The van der Waals surface area contributed by atoms with E-state index in [0.29, 0.717) is 21.2 Å². The lowest BCUT2D eigenvalue weighted by Gasteiger charge is -2.03. The second kappa shape index (κ2) is 9.08. The van der Waals surface area contributed by atoms with E-state index in [1.54, 1.807) is 37.3 Å². The molecule has 25 heavy (non-hydrogen) atoms. The van der Waals surface area contributed by atoms with E-state index in [1.165, 1.54) is 11.3 Å². The van der Waals surface area contributed by atoms with Gasteiger partial charge < -0.3 is 4.74 Å². The normalized spacial score (nSPS) is 12.3. The van der Waals surface area contributed by atoms with Gasteiger partial charge in [0.25, 0.3) is 0 Å². The monoisotopic (exact) mass is 398 g/mol. The van der Waals surface area contributed by atoms with Gasteiger partial charge in [-0.15, -0.1) is 16.5 Å². The number of benzene rings is 1. The third-order valence-corrected chi connectivity index (χ3v) is 4.96. The number of aryl methyl sites for hydroxylation is 1. The minimum absolute atomic E-state index is 0.201. The number of ketones is 1. The number of alkyl halides is 1.